The molecule has 0 heterocycles. The predicted molar refractivity (Wildman–Crippen MR) is 60.3 cm³/mol. The van der Waals surface area contributed by atoms with E-state index in [4.69, 9.17) is 5.26 Å². The van der Waals surface area contributed by atoms with E-state index in [2.05, 4.69) is 0 Å². The number of aliphatic hydroxyl groups excluding tert-OH is 1. The molecular formula is C13H14FNO. The molecule has 0 spiro atoms. The summed E-state index contributed by atoms with van der Waals surface area (Å²) in [5, 5.41) is 18.8. The number of aliphatic hydroxyl groups is 1. The van der Waals surface area contributed by atoms with Gasteiger partial charge in [-0.1, -0.05) is 36.4 Å². The van der Waals surface area contributed by atoms with Crippen LogP contribution >= 0.6 is 0 Å². The van der Waals surface area contributed by atoms with Crippen molar-refractivity contribution in [1.82, 2.24) is 0 Å². The molecule has 84 valence electrons. The number of rotatable bonds is 3. The highest BCUT2D eigenvalue weighted by Crippen LogP contribution is 2.32. The van der Waals surface area contributed by atoms with Crippen LogP contribution in [0.1, 0.15) is 19.4 Å². The van der Waals surface area contributed by atoms with Gasteiger partial charge in [-0.2, -0.15) is 5.26 Å². The molecule has 0 aliphatic rings. The summed E-state index contributed by atoms with van der Waals surface area (Å²) in [6.07, 6.45) is 0.157. The third-order valence-corrected chi connectivity index (χ3v) is 2.62. The number of nitriles is 1. The molecule has 0 aliphatic heterocycles. The van der Waals surface area contributed by atoms with Gasteiger partial charge in [-0.25, -0.2) is 4.39 Å². The van der Waals surface area contributed by atoms with Crippen molar-refractivity contribution in [1.29, 1.82) is 5.26 Å². The fourth-order valence-corrected chi connectivity index (χ4v) is 1.44. The number of alkyl halides is 1. The molecule has 16 heavy (non-hydrogen) atoms. The van der Waals surface area contributed by atoms with E-state index in [1.165, 1.54) is 12.1 Å². The maximum Gasteiger partial charge on any atom is 0.250 e. The molecule has 3 heteroatoms. The van der Waals surface area contributed by atoms with Crippen molar-refractivity contribution in [3.63, 3.8) is 0 Å². The highest BCUT2D eigenvalue weighted by Gasteiger charge is 2.41. The maximum absolute atomic E-state index is 14.4. The molecule has 2 nitrogen and oxygen atoms in total. The highest BCUT2D eigenvalue weighted by atomic mass is 19.1. The Hall–Kier alpha value is -1.66. The molecule has 0 aliphatic carbocycles. The first-order chi connectivity index (χ1) is 7.56. The lowest BCUT2D eigenvalue weighted by Crippen LogP contribution is -2.34. The monoisotopic (exact) mass is 219 g/mol. The third kappa shape index (κ3) is 2.12. The summed E-state index contributed by atoms with van der Waals surface area (Å²) in [6, 6.07) is 9.55. The molecule has 1 N–H and O–H groups in total. The van der Waals surface area contributed by atoms with E-state index in [-0.39, 0.29) is 5.56 Å². The first kappa shape index (κ1) is 12.4. The van der Waals surface area contributed by atoms with Crippen molar-refractivity contribution < 1.29 is 9.50 Å². The predicted octanol–water partition coefficient (Wildman–Crippen LogP) is 2.70. The summed E-state index contributed by atoms with van der Waals surface area (Å²) in [6.45, 7) is 3.29. The van der Waals surface area contributed by atoms with Crippen LogP contribution in [0.3, 0.4) is 0 Å². The zero-order valence-corrected chi connectivity index (χ0v) is 9.31. The van der Waals surface area contributed by atoms with Gasteiger partial charge in [-0.05, 0) is 19.4 Å². The number of hydrogen-bond donors (Lipinski definition) is 1. The molecule has 1 aromatic carbocycles. The number of allylic oxidation sites excluding steroid dienone is 1. The topological polar surface area (TPSA) is 44.0 Å². The largest absolute Gasteiger partial charge is 0.384 e. The van der Waals surface area contributed by atoms with Crippen molar-refractivity contribution in [3.05, 3.63) is 47.5 Å². The maximum atomic E-state index is 14.4. The van der Waals surface area contributed by atoms with Crippen molar-refractivity contribution in [2.75, 3.05) is 0 Å². The van der Waals surface area contributed by atoms with Crippen LogP contribution in [0.5, 0.6) is 0 Å². The minimum absolute atomic E-state index is 0.172. The van der Waals surface area contributed by atoms with Crippen LogP contribution in [0.2, 0.25) is 0 Å². The van der Waals surface area contributed by atoms with Gasteiger partial charge < -0.3 is 5.11 Å². The van der Waals surface area contributed by atoms with E-state index in [9.17, 15) is 9.50 Å². The molecule has 0 fully saturated rings. The van der Waals surface area contributed by atoms with Gasteiger partial charge in [0.2, 0.25) is 5.67 Å². The summed E-state index contributed by atoms with van der Waals surface area (Å²) in [5.41, 5.74) is -1.78. The first-order valence-corrected chi connectivity index (χ1v) is 5.02. The Labute approximate surface area is 94.6 Å². The van der Waals surface area contributed by atoms with Crippen LogP contribution in [-0.2, 0) is 5.67 Å². The van der Waals surface area contributed by atoms with E-state index < -0.39 is 11.8 Å². The van der Waals surface area contributed by atoms with Gasteiger partial charge in [-0.15, -0.1) is 0 Å². The number of benzene rings is 1. The normalized spacial score (nSPS) is 17.3. The number of hydrogen-bond acceptors (Lipinski definition) is 2. The quantitative estimate of drug-likeness (QED) is 0.794. The van der Waals surface area contributed by atoms with Gasteiger partial charge >= 0.3 is 0 Å². The minimum Gasteiger partial charge on any atom is -0.384 e. The van der Waals surface area contributed by atoms with E-state index in [1.54, 1.807) is 44.2 Å². The van der Waals surface area contributed by atoms with Crippen LogP contribution in [0.25, 0.3) is 0 Å². The number of halogens is 1. The van der Waals surface area contributed by atoms with Crippen LogP contribution in [0.15, 0.2) is 42.0 Å². The Balaban J connectivity index is 3.19. The van der Waals surface area contributed by atoms with Gasteiger partial charge in [0, 0.05) is 5.56 Å². The van der Waals surface area contributed by atoms with E-state index in [0.29, 0.717) is 5.57 Å². The fraction of sp³-hybridized carbons (Fsp3) is 0.308. The molecular weight excluding hydrogens is 205 g/mol. The molecule has 2 unspecified atom stereocenters. The minimum atomic E-state index is -2.39. The molecule has 0 bridgehead atoms. The Kier molecular flexibility index (Phi) is 3.81. The Morgan fingerprint density at radius 1 is 1.50 bits per heavy atom. The molecule has 0 aromatic heterocycles. The van der Waals surface area contributed by atoms with Gasteiger partial charge in [0.1, 0.15) is 12.2 Å². The van der Waals surface area contributed by atoms with Crippen LogP contribution in [0, 0.1) is 11.3 Å². The molecule has 1 aromatic rings. The second-order valence-corrected chi connectivity index (χ2v) is 3.62. The first-order valence-electron chi connectivity index (χ1n) is 5.02. The van der Waals surface area contributed by atoms with Gasteiger partial charge in [-0.3, -0.25) is 0 Å². The molecule has 2 atom stereocenters. The Bertz CT molecular complexity index is 421. The van der Waals surface area contributed by atoms with E-state index in [0.717, 1.165) is 0 Å². The van der Waals surface area contributed by atoms with Crippen LogP contribution in [0.4, 0.5) is 4.39 Å². The van der Waals surface area contributed by atoms with Crippen molar-refractivity contribution in [2.24, 2.45) is 0 Å². The standard InChI is InChI=1S/C13H14FNO/c1-3-10(2)12(16)13(14,9-15)11-7-5-4-6-8-11/h3-8,12,16H,1-2H3/b10-3+. The number of nitrogens with zero attached hydrogens (tertiary/aromatic N) is 1. The SMILES string of the molecule is C/C=C(\C)C(O)C(F)(C#N)c1ccccc1. The van der Waals surface area contributed by atoms with Crippen molar-refractivity contribution in [3.8, 4) is 6.07 Å². The lowest BCUT2D eigenvalue weighted by atomic mass is 9.87. The third-order valence-electron chi connectivity index (χ3n) is 2.62. The summed E-state index contributed by atoms with van der Waals surface area (Å²) in [7, 11) is 0. The molecule has 0 radical (unpaired) electrons. The summed E-state index contributed by atoms with van der Waals surface area (Å²) in [5.74, 6) is 0. The van der Waals surface area contributed by atoms with Gasteiger partial charge in [0.25, 0.3) is 0 Å². The van der Waals surface area contributed by atoms with Crippen LogP contribution < -0.4 is 0 Å². The molecule has 0 saturated heterocycles. The lowest BCUT2D eigenvalue weighted by Gasteiger charge is -2.24. The van der Waals surface area contributed by atoms with Crippen molar-refractivity contribution in [2.45, 2.75) is 25.6 Å². The van der Waals surface area contributed by atoms with E-state index in [1.807, 2.05) is 0 Å². The highest BCUT2D eigenvalue weighted by molar-refractivity contribution is 5.34. The zero-order chi connectivity index (χ0) is 12.2. The zero-order valence-electron chi connectivity index (χ0n) is 9.31. The fourth-order valence-electron chi connectivity index (χ4n) is 1.44. The lowest BCUT2D eigenvalue weighted by molar-refractivity contribution is 0.0543. The van der Waals surface area contributed by atoms with Gasteiger partial charge in [0.05, 0.1) is 0 Å². The summed E-state index contributed by atoms with van der Waals surface area (Å²) >= 11 is 0. The molecule has 1 rings (SSSR count). The van der Waals surface area contributed by atoms with Gasteiger partial charge in [0.15, 0.2) is 0 Å². The smallest absolute Gasteiger partial charge is 0.250 e. The summed E-state index contributed by atoms with van der Waals surface area (Å²) in [4.78, 5) is 0. The Morgan fingerprint density at radius 3 is 2.50 bits per heavy atom. The molecule has 0 saturated carbocycles. The second-order valence-electron chi connectivity index (χ2n) is 3.62. The Morgan fingerprint density at radius 2 is 2.06 bits per heavy atom. The van der Waals surface area contributed by atoms with Crippen LogP contribution in [-0.4, -0.2) is 11.2 Å². The van der Waals surface area contributed by atoms with E-state index >= 15 is 0 Å². The average molecular weight is 219 g/mol. The second kappa shape index (κ2) is 4.91. The molecule has 0 amide bonds. The summed E-state index contributed by atoms with van der Waals surface area (Å²) < 4.78 is 14.4. The van der Waals surface area contributed by atoms with Crippen molar-refractivity contribution >= 4 is 0 Å². The average Bonchev–Trinajstić information content (AvgIpc) is 2.37.